The van der Waals surface area contributed by atoms with Crippen molar-refractivity contribution >= 4 is 109 Å². The van der Waals surface area contributed by atoms with Crippen LogP contribution in [0, 0.1) is 0 Å². The minimum absolute atomic E-state index is 0. The minimum atomic E-state index is -4.02. The summed E-state index contributed by atoms with van der Waals surface area (Å²) < 4.78 is 19.3. The lowest BCUT2D eigenvalue weighted by molar-refractivity contribution is 0.549. The van der Waals surface area contributed by atoms with Crippen LogP contribution in [0.2, 0.25) is 0 Å². The van der Waals surface area contributed by atoms with Crippen molar-refractivity contribution in [1.29, 1.82) is 0 Å². The maximum Gasteiger partial charge on any atom is 0.267 e. The average molecular weight is 1240 g/mol. The number of carbonyl (C=O) groups is 2. The zero-order valence-corrected chi connectivity index (χ0v) is 48.9. The summed E-state index contributed by atoms with van der Waals surface area (Å²) in [6.45, 7) is 0. The molecule has 8 N–H and O–H groups in total. The SMILES string of the molecule is O.O.O.O.O=CS(=O)(=O)C=O.c1cnc2cccnc2c1.c1cnc2cccnc2c1.c1cnc2cccnc2c1.c1cnc2cccnc2c1.c1cnc2cccnc2c1.c1cnc2cccnc2c1.c1cnc2cccnc2c1.c1cnc2cccnc2c1. The van der Waals surface area contributed by atoms with Gasteiger partial charge in [0.2, 0.25) is 11.2 Å². The molecule has 0 saturated carbocycles. The predicted octanol–water partition coefficient (Wildman–Crippen LogP) is 8.52. The van der Waals surface area contributed by atoms with Gasteiger partial charge in [-0.15, -0.1) is 0 Å². The van der Waals surface area contributed by atoms with Gasteiger partial charge in [-0.05, 0) is 194 Å². The fraction of sp³-hybridized carbons (Fsp3) is 0. The summed E-state index contributed by atoms with van der Waals surface area (Å²) in [5.41, 5.74) is 14.4. The molecule has 16 heterocycles. The van der Waals surface area contributed by atoms with Gasteiger partial charge in [0.15, 0.2) is 0 Å². The summed E-state index contributed by atoms with van der Waals surface area (Å²) in [5.74, 6) is 0. The Kier molecular flexibility index (Phi) is 30.7. The summed E-state index contributed by atoms with van der Waals surface area (Å²) in [5, 5.41) is 0. The molecular weight excluding hydrogens is 1180 g/mol. The summed E-state index contributed by atoms with van der Waals surface area (Å²) in [7, 11) is -4.02. The predicted molar refractivity (Wildman–Crippen MR) is 353 cm³/mol. The van der Waals surface area contributed by atoms with Gasteiger partial charge in [0.05, 0.1) is 88.3 Å². The van der Waals surface area contributed by atoms with Gasteiger partial charge in [0.25, 0.3) is 9.84 Å². The summed E-state index contributed by atoms with van der Waals surface area (Å²) in [4.78, 5) is 84.4. The molecule has 91 heavy (non-hydrogen) atoms. The van der Waals surface area contributed by atoms with Crippen molar-refractivity contribution in [2.45, 2.75) is 0 Å². The van der Waals surface area contributed by atoms with Gasteiger partial charge >= 0.3 is 0 Å². The van der Waals surface area contributed by atoms with Crippen molar-refractivity contribution in [2.24, 2.45) is 0 Å². The second-order valence-corrected chi connectivity index (χ2v) is 18.7. The number of pyridine rings is 16. The topological polar surface area (TPSA) is 401 Å². The number of nitrogens with zero attached hydrogens (tertiary/aromatic N) is 16. The molecule has 16 rings (SSSR count). The van der Waals surface area contributed by atoms with Crippen LogP contribution in [0.3, 0.4) is 0 Å². The largest absolute Gasteiger partial charge is 0.412 e. The minimum Gasteiger partial charge on any atom is -0.412 e. The number of sulfone groups is 1. The molecule has 0 saturated heterocycles. The van der Waals surface area contributed by atoms with E-state index >= 15 is 0 Å². The third kappa shape index (κ3) is 23.4. The summed E-state index contributed by atoms with van der Waals surface area (Å²) in [6.07, 6.45) is 28.3. The van der Waals surface area contributed by atoms with Gasteiger partial charge in [-0.1, -0.05) is 0 Å². The first-order valence-electron chi connectivity index (χ1n) is 26.3. The van der Waals surface area contributed by atoms with E-state index in [4.69, 9.17) is 0 Å². The molecular formula is C66H58N16O8S. The molecule has 0 radical (unpaired) electrons. The molecule has 0 fully saturated rings. The molecule has 0 aromatic carbocycles. The zero-order chi connectivity index (χ0) is 60.4. The van der Waals surface area contributed by atoms with Gasteiger partial charge in [0, 0.05) is 99.1 Å². The number of carbonyl (C=O) groups excluding carboxylic acids is 2. The van der Waals surface area contributed by atoms with Crippen molar-refractivity contribution < 1.29 is 39.9 Å². The lowest BCUT2D eigenvalue weighted by Crippen LogP contribution is -1.99. The fourth-order valence-electron chi connectivity index (χ4n) is 7.26. The van der Waals surface area contributed by atoms with E-state index in [1.807, 2.05) is 194 Å². The number of fused-ring (bicyclic) bond motifs is 8. The van der Waals surface area contributed by atoms with Gasteiger partial charge in [0.1, 0.15) is 0 Å². The van der Waals surface area contributed by atoms with E-state index in [-0.39, 0.29) is 21.9 Å². The van der Waals surface area contributed by atoms with E-state index in [0.29, 0.717) is 0 Å². The highest BCUT2D eigenvalue weighted by Gasteiger charge is 2.02. The van der Waals surface area contributed by atoms with Gasteiger partial charge in [-0.2, -0.15) is 0 Å². The summed E-state index contributed by atoms with van der Waals surface area (Å²) >= 11 is 0. The average Bonchev–Trinajstić information content (AvgIpc) is 3.75. The van der Waals surface area contributed by atoms with Gasteiger partial charge in [-0.25, -0.2) is 8.42 Å². The van der Waals surface area contributed by atoms with Gasteiger partial charge < -0.3 is 21.9 Å². The Morgan fingerprint density at radius 1 is 0.176 bits per heavy atom. The monoisotopic (exact) mass is 1230 g/mol. The number of hydrogen-bond donors (Lipinski definition) is 0. The van der Waals surface area contributed by atoms with Gasteiger partial charge in [-0.3, -0.25) is 89.3 Å². The quantitative estimate of drug-likeness (QED) is 0.146. The van der Waals surface area contributed by atoms with E-state index in [2.05, 4.69) is 79.7 Å². The summed E-state index contributed by atoms with van der Waals surface area (Å²) in [6, 6.07) is 61.3. The molecule has 0 bridgehead atoms. The molecule has 0 aliphatic rings. The number of rotatable bonds is 2. The number of hydrogen-bond acceptors (Lipinski definition) is 20. The van der Waals surface area contributed by atoms with E-state index in [9.17, 15) is 18.0 Å². The fourth-order valence-corrected chi connectivity index (χ4v) is 7.30. The van der Waals surface area contributed by atoms with E-state index in [0.717, 1.165) is 88.3 Å². The van der Waals surface area contributed by atoms with E-state index in [1.165, 1.54) is 0 Å². The van der Waals surface area contributed by atoms with Crippen LogP contribution in [0.5, 0.6) is 0 Å². The highest BCUT2D eigenvalue weighted by Crippen LogP contribution is 2.10. The van der Waals surface area contributed by atoms with Crippen molar-refractivity contribution in [1.82, 2.24) is 79.7 Å². The van der Waals surface area contributed by atoms with E-state index in [1.54, 1.807) is 99.1 Å². The highest BCUT2D eigenvalue weighted by molar-refractivity contribution is 8.15. The lowest BCUT2D eigenvalue weighted by Gasteiger charge is -1.90. The maximum atomic E-state index is 9.63. The molecule has 24 nitrogen and oxygen atoms in total. The Hall–Kier alpha value is -12.4. The molecule has 0 amide bonds. The van der Waals surface area contributed by atoms with E-state index < -0.39 is 21.1 Å². The van der Waals surface area contributed by atoms with Crippen molar-refractivity contribution in [3.8, 4) is 0 Å². The van der Waals surface area contributed by atoms with Crippen LogP contribution in [0.15, 0.2) is 293 Å². The lowest BCUT2D eigenvalue weighted by atomic mass is 10.3. The van der Waals surface area contributed by atoms with Crippen molar-refractivity contribution in [2.75, 3.05) is 0 Å². The molecule has 0 aliphatic heterocycles. The van der Waals surface area contributed by atoms with Crippen LogP contribution >= 0.6 is 0 Å². The Morgan fingerprint density at radius 2 is 0.253 bits per heavy atom. The van der Waals surface area contributed by atoms with Crippen LogP contribution < -0.4 is 0 Å². The molecule has 16 aromatic heterocycles. The smallest absolute Gasteiger partial charge is 0.267 e. The van der Waals surface area contributed by atoms with Crippen molar-refractivity contribution in [3.05, 3.63) is 293 Å². The Morgan fingerprint density at radius 3 is 0.308 bits per heavy atom. The standard InChI is InChI=1S/8C8H6N2.C2H2O4S.4H2O/c8*1-3-7-8(9-5-1)4-2-6-10-7;3-1-7(5,6)2-4;;;;/h8*1-6H;1-2H;4*1H2. The maximum absolute atomic E-state index is 9.63. The Labute approximate surface area is 519 Å². The Balaban J connectivity index is 0.000000218. The molecule has 456 valence electrons. The van der Waals surface area contributed by atoms with Crippen LogP contribution in [0.4, 0.5) is 0 Å². The van der Waals surface area contributed by atoms with Crippen LogP contribution in [-0.4, -0.2) is 121 Å². The third-order valence-corrected chi connectivity index (χ3v) is 11.8. The zero-order valence-electron chi connectivity index (χ0n) is 48.1. The molecule has 0 unspecified atom stereocenters. The van der Waals surface area contributed by atoms with Crippen molar-refractivity contribution in [3.63, 3.8) is 0 Å². The second-order valence-electron chi connectivity index (χ2n) is 17.1. The molecule has 25 heteroatoms. The van der Waals surface area contributed by atoms with Crippen LogP contribution in [0.1, 0.15) is 0 Å². The molecule has 16 aromatic rings. The van der Waals surface area contributed by atoms with Crippen LogP contribution in [-0.2, 0) is 19.4 Å². The normalized spacial score (nSPS) is 9.58. The number of aromatic nitrogens is 16. The Bertz CT molecular complexity index is 3490. The van der Waals surface area contributed by atoms with Crippen LogP contribution in [0.25, 0.3) is 88.3 Å². The first-order chi connectivity index (χ1) is 42.9. The second kappa shape index (κ2) is 39.3. The first-order valence-corrected chi connectivity index (χ1v) is 27.9. The highest BCUT2D eigenvalue weighted by atomic mass is 32.2. The first kappa shape index (κ1) is 71.1. The molecule has 0 aliphatic carbocycles. The molecule has 0 spiro atoms. The molecule has 0 atom stereocenters. The third-order valence-electron chi connectivity index (χ3n) is 11.2.